The Labute approximate surface area is 152 Å². The molecular formula is C16H24N4O5S. The van der Waals surface area contributed by atoms with Gasteiger partial charge in [0.1, 0.15) is 10.6 Å². The third kappa shape index (κ3) is 4.07. The molecule has 1 saturated heterocycles. The highest BCUT2D eigenvalue weighted by Crippen LogP contribution is 2.27. The number of rotatable bonds is 6. The summed E-state index contributed by atoms with van der Waals surface area (Å²) in [6.45, 7) is 3.48. The number of piperidine rings is 1. The molecule has 1 aromatic rings. The molecule has 1 aromatic heterocycles. The number of carbonyl (C=O) groups is 2. The highest BCUT2D eigenvalue weighted by molar-refractivity contribution is 7.89. The van der Waals surface area contributed by atoms with E-state index < -0.39 is 15.9 Å². The summed E-state index contributed by atoms with van der Waals surface area (Å²) >= 11 is 0. The van der Waals surface area contributed by atoms with Crippen LogP contribution in [0.15, 0.2) is 9.42 Å². The fourth-order valence-electron chi connectivity index (χ4n) is 3.16. The second-order valence-electron chi connectivity index (χ2n) is 6.92. The molecule has 0 bridgehead atoms. The Morgan fingerprint density at radius 3 is 2.62 bits per heavy atom. The Hall–Kier alpha value is -1.94. The van der Waals surface area contributed by atoms with Crippen LogP contribution in [0, 0.1) is 19.8 Å². The van der Waals surface area contributed by atoms with E-state index in [2.05, 4.69) is 15.8 Å². The number of nitrogens with zero attached hydrogens (tertiary/aromatic N) is 2. The Balaban J connectivity index is 1.61. The first-order valence-corrected chi connectivity index (χ1v) is 10.2. The molecule has 0 aromatic carbocycles. The molecule has 10 heteroatoms. The van der Waals surface area contributed by atoms with Crippen molar-refractivity contribution in [2.24, 2.45) is 5.92 Å². The largest absolute Gasteiger partial charge is 0.360 e. The van der Waals surface area contributed by atoms with Gasteiger partial charge in [-0.3, -0.25) is 9.59 Å². The number of hydrogen-bond donors (Lipinski definition) is 2. The lowest BCUT2D eigenvalue weighted by molar-refractivity contribution is -0.129. The molecule has 1 saturated carbocycles. The molecule has 0 radical (unpaired) electrons. The molecule has 1 atom stereocenters. The molecule has 0 spiro atoms. The van der Waals surface area contributed by atoms with Crippen molar-refractivity contribution in [3.05, 3.63) is 11.5 Å². The van der Waals surface area contributed by atoms with Gasteiger partial charge < -0.3 is 15.2 Å². The van der Waals surface area contributed by atoms with Crippen molar-refractivity contribution < 1.29 is 22.5 Å². The molecule has 2 fully saturated rings. The Morgan fingerprint density at radius 1 is 1.27 bits per heavy atom. The average Bonchev–Trinajstić information content (AvgIpc) is 3.35. The normalized spacial score (nSPS) is 21.4. The van der Waals surface area contributed by atoms with Gasteiger partial charge in [-0.05, 0) is 39.5 Å². The van der Waals surface area contributed by atoms with Gasteiger partial charge >= 0.3 is 0 Å². The smallest absolute Gasteiger partial charge is 0.248 e. The Morgan fingerprint density at radius 2 is 2.00 bits per heavy atom. The lowest BCUT2D eigenvalue weighted by Crippen LogP contribution is -2.47. The van der Waals surface area contributed by atoms with Crippen LogP contribution in [-0.2, 0) is 19.6 Å². The van der Waals surface area contributed by atoms with E-state index in [9.17, 15) is 18.0 Å². The van der Waals surface area contributed by atoms with Crippen LogP contribution in [0.5, 0.6) is 0 Å². The minimum Gasteiger partial charge on any atom is -0.360 e. The van der Waals surface area contributed by atoms with Crippen molar-refractivity contribution in [1.29, 1.82) is 0 Å². The average molecular weight is 384 g/mol. The fourth-order valence-corrected chi connectivity index (χ4v) is 4.98. The number of carbonyl (C=O) groups excluding carboxylic acids is 2. The van der Waals surface area contributed by atoms with Gasteiger partial charge in [-0.25, -0.2) is 8.42 Å². The molecule has 1 unspecified atom stereocenters. The van der Waals surface area contributed by atoms with E-state index in [1.54, 1.807) is 13.8 Å². The quantitative estimate of drug-likeness (QED) is 0.717. The summed E-state index contributed by atoms with van der Waals surface area (Å²) in [4.78, 5) is 24.1. The van der Waals surface area contributed by atoms with Crippen LogP contribution in [0.1, 0.15) is 37.1 Å². The zero-order chi connectivity index (χ0) is 18.9. The summed E-state index contributed by atoms with van der Waals surface area (Å²) in [5.41, 5.74) is 0.311. The highest BCUT2D eigenvalue weighted by Gasteiger charge is 2.36. The van der Waals surface area contributed by atoms with E-state index >= 15 is 0 Å². The number of hydrogen-bond acceptors (Lipinski definition) is 6. The summed E-state index contributed by atoms with van der Waals surface area (Å²) in [5.74, 6) is -0.745. The number of nitrogens with one attached hydrogen (secondary N) is 2. The zero-order valence-corrected chi connectivity index (χ0v) is 15.8. The highest BCUT2D eigenvalue weighted by atomic mass is 32.2. The van der Waals surface area contributed by atoms with E-state index in [0.717, 1.165) is 12.8 Å². The first-order chi connectivity index (χ1) is 12.3. The third-order valence-corrected chi connectivity index (χ3v) is 6.80. The first kappa shape index (κ1) is 18.8. The van der Waals surface area contributed by atoms with Gasteiger partial charge in [-0.15, -0.1) is 0 Å². The molecule has 26 heavy (non-hydrogen) atoms. The third-order valence-electron chi connectivity index (χ3n) is 4.69. The topological polar surface area (TPSA) is 122 Å². The van der Waals surface area contributed by atoms with Crippen LogP contribution >= 0.6 is 0 Å². The van der Waals surface area contributed by atoms with E-state index in [1.807, 2.05) is 0 Å². The van der Waals surface area contributed by atoms with Crippen LogP contribution in [0.3, 0.4) is 0 Å². The molecule has 1 aliphatic carbocycles. The number of aromatic nitrogens is 1. The van der Waals surface area contributed by atoms with Gasteiger partial charge in [0.25, 0.3) is 0 Å². The van der Waals surface area contributed by atoms with Gasteiger partial charge in [-0.2, -0.15) is 4.31 Å². The second-order valence-corrected chi connectivity index (χ2v) is 8.79. The SMILES string of the molecule is Cc1noc(C)c1S(=O)(=O)N1CCCC(C(=O)NCC(=O)NC2CC2)C1. The van der Waals surface area contributed by atoms with Crippen molar-refractivity contribution in [2.75, 3.05) is 19.6 Å². The van der Waals surface area contributed by atoms with E-state index in [1.165, 1.54) is 4.31 Å². The van der Waals surface area contributed by atoms with Crippen LogP contribution in [0.25, 0.3) is 0 Å². The molecule has 2 amide bonds. The van der Waals surface area contributed by atoms with Crippen molar-refractivity contribution in [3.8, 4) is 0 Å². The molecule has 144 valence electrons. The second kappa shape index (κ2) is 7.36. The van der Waals surface area contributed by atoms with Gasteiger partial charge in [0, 0.05) is 19.1 Å². The molecule has 9 nitrogen and oxygen atoms in total. The Bertz CT molecular complexity index is 780. The molecule has 2 heterocycles. The van der Waals surface area contributed by atoms with Gasteiger partial charge in [0.15, 0.2) is 5.76 Å². The predicted octanol–water partition coefficient (Wildman–Crippen LogP) is 0.0869. The van der Waals surface area contributed by atoms with Crippen LogP contribution < -0.4 is 10.6 Å². The van der Waals surface area contributed by atoms with E-state index in [0.29, 0.717) is 25.1 Å². The molecule has 2 N–H and O–H groups in total. The molecular weight excluding hydrogens is 360 g/mol. The van der Waals surface area contributed by atoms with Crippen LogP contribution in [-0.4, -0.2) is 55.4 Å². The maximum atomic E-state index is 12.9. The molecule has 1 aliphatic heterocycles. The standard InChI is InChI=1S/C16H24N4O5S/c1-10-15(11(2)25-19-10)26(23,24)20-7-3-4-12(9-20)16(22)17-8-14(21)18-13-5-6-13/h12-13H,3-9H2,1-2H3,(H,17,22)(H,18,21). The summed E-state index contributed by atoms with van der Waals surface area (Å²) in [6.07, 6.45) is 3.13. The zero-order valence-electron chi connectivity index (χ0n) is 14.9. The first-order valence-electron chi connectivity index (χ1n) is 8.79. The van der Waals surface area contributed by atoms with Crippen LogP contribution in [0.4, 0.5) is 0 Å². The number of amides is 2. The van der Waals surface area contributed by atoms with Gasteiger partial charge in [0.2, 0.25) is 21.8 Å². The van der Waals surface area contributed by atoms with Crippen molar-refractivity contribution in [1.82, 2.24) is 20.1 Å². The Kier molecular flexibility index (Phi) is 5.33. The maximum absolute atomic E-state index is 12.9. The maximum Gasteiger partial charge on any atom is 0.248 e. The lowest BCUT2D eigenvalue weighted by Gasteiger charge is -2.31. The summed E-state index contributed by atoms with van der Waals surface area (Å²) in [7, 11) is -3.77. The van der Waals surface area contributed by atoms with Crippen molar-refractivity contribution in [3.63, 3.8) is 0 Å². The van der Waals surface area contributed by atoms with Crippen molar-refractivity contribution >= 4 is 21.8 Å². The summed E-state index contributed by atoms with van der Waals surface area (Å²) in [5, 5.41) is 9.11. The number of aryl methyl sites for hydroxylation is 2. The van der Waals surface area contributed by atoms with Crippen LogP contribution in [0.2, 0.25) is 0 Å². The summed E-state index contributed by atoms with van der Waals surface area (Å²) in [6, 6.07) is 0.241. The molecule has 2 aliphatic rings. The van der Waals surface area contributed by atoms with E-state index in [-0.39, 0.29) is 41.6 Å². The monoisotopic (exact) mass is 384 g/mol. The minimum atomic E-state index is -3.77. The molecule has 3 rings (SSSR count). The number of sulfonamides is 1. The van der Waals surface area contributed by atoms with Gasteiger partial charge in [0.05, 0.1) is 12.5 Å². The fraction of sp³-hybridized carbons (Fsp3) is 0.688. The minimum absolute atomic E-state index is 0.0716. The van der Waals surface area contributed by atoms with E-state index in [4.69, 9.17) is 4.52 Å². The van der Waals surface area contributed by atoms with Crippen molar-refractivity contribution in [2.45, 2.75) is 50.5 Å². The van der Waals surface area contributed by atoms with Gasteiger partial charge in [-0.1, -0.05) is 5.16 Å². The summed E-state index contributed by atoms with van der Waals surface area (Å²) < 4.78 is 32.0. The lowest BCUT2D eigenvalue weighted by atomic mass is 9.99. The predicted molar refractivity (Wildman–Crippen MR) is 91.6 cm³/mol.